The second kappa shape index (κ2) is 10.8. The van der Waals surface area contributed by atoms with E-state index in [0.29, 0.717) is 12.6 Å². The molecule has 2 fully saturated rings. The highest BCUT2D eigenvalue weighted by Gasteiger charge is 2.29. The van der Waals surface area contributed by atoms with Crippen LogP contribution in [0.4, 0.5) is 4.79 Å². The summed E-state index contributed by atoms with van der Waals surface area (Å²) < 4.78 is 5.37. The Kier molecular flexibility index (Phi) is 8.76. The molecule has 0 aromatic heterocycles. The van der Waals surface area contributed by atoms with E-state index in [9.17, 15) is 9.59 Å². The van der Waals surface area contributed by atoms with Crippen LogP contribution in [0.15, 0.2) is 4.99 Å². The maximum atomic E-state index is 12.1. The zero-order valence-corrected chi connectivity index (χ0v) is 19.5. The van der Waals surface area contributed by atoms with Crippen molar-refractivity contribution in [3.05, 3.63) is 0 Å². The minimum Gasteiger partial charge on any atom is -0.444 e. The predicted octanol–water partition coefficient (Wildman–Crippen LogP) is 1.10. The largest absolute Gasteiger partial charge is 0.444 e. The second-order valence-corrected chi connectivity index (χ2v) is 9.31. The van der Waals surface area contributed by atoms with Crippen molar-refractivity contribution >= 4 is 18.0 Å². The van der Waals surface area contributed by atoms with Crippen LogP contribution >= 0.6 is 0 Å². The van der Waals surface area contributed by atoms with Gasteiger partial charge in [-0.05, 0) is 53.1 Å². The molecule has 0 aliphatic carbocycles. The number of alkyl carbamates (subject to hydrolysis) is 1. The minimum absolute atomic E-state index is 0.00461. The normalized spacial score (nSPS) is 22.9. The lowest BCUT2D eigenvalue weighted by Crippen LogP contribution is -2.48. The lowest BCUT2D eigenvalue weighted by atomic mass is 10.2. The van der Waals surface area contributed by atoms with Gasteiger partial charge in [0, 0.05) is 39.8 Å². The van der Waals surface area contributed by atoms with Crippen LogP contribution in [0.5, 0.6) is 0 Å². The quantitative estimate of drug-likeness (QED) is 0.490. The molecular weight excluding hydrogens is 384 g/mol. The molecule has 0 radical (unpaired) electrons. The zero-order valence-electron chi connectivity index (χ0n) is 19.5. The van der Waals surface area contributed by atoms with Crippen LogP contribution in [-0.2, 0) is 9.53 Å². The SMILES string of the molecule is CCN1CCCC1CNC(=NCC(=O)N(C)C)N1CCC(NC(=O)OC(C)(C)C)C1. The van der Waals surface area contributed by atoms with Gasteiger partial charge in [0.15, 0.2) is 5.96 Å². The number of hydrogen-bond donors (Lipinski definition) is 2. The van der Waals surface area contributed by atoms with Crippen molar-refractivity contribution in [1.29, 1.82) is 0 Å². The summed E-state index contributed by atoms with van der Waals surface area (Å²) >= 11 is 0. The van der Waals surface area contributed by atoms with Gasteiger partial charge < -0.3 is 25.2 Å². The number of hydrogen-bond acceptors (Lipinski definition) is 5. The summed E-state index contributed by atoms with van der Waals surface area (Å²) in [6, 6.07) is 0.484. The highest BCUT2D eigenvalue weighted by molar-refractivity contribution is 5.85. The molecule has 0 aromatic carbocycles. The molecule has 30 heavy (non-hydrogen) atoms. The molecule has 2 saturated heterocycles. The zero-order chi connectivity index (χ0) is 22.3. The molecule has 172 valence electrons. The highest BCUT2D eigenvalue weighted by atomic mass is 16.6. The average molecular weight is 425 g/mol. The molecule has 2 N–H and O–H groups in total. The van der Waals surface area contributed by atoms with Gasteiger partial charge in [-0.2, -0.15) is 0 Å². The monoisotopic (exact) mass is 424 g/mol. The molecule has 2 atom stereocenters. The molecule has 2 amide bonds. The standard InChI is InChI=1S/C21H40N6O3/c1-7-26-11-8-9-17(26)13-22-19(23-14-18(28)25(5)6)27-12-10-16(15-27)24-20(29)30-21(2,3)4/h16-17H,7-15H2,1-6H3,(H,22,23)(H,24,29). The summed E-state index contributed by atoms with van der Waals surface area (Å²) in [7, 11) is 3.47. The number of ether oxygens (including phenoxy) is 1. The Morgan fingerprint density at radius 1 is 1.20 bits per heavy atom. The third-order valence-electron chi connectivity index (χ3n) is 5.47. The molecule has 0 bridgehead atoms. The van der Waals surface area contributed by atoms with E-state index >= 15 is 0 Å². The number of guanidine groups is 1. The van der Waals surface area contributed by atoms with E-state index in [2.05, 4.69) is 32.3 Å². The Morgan fingerprint density at radius 2 is 1.93 bits per heavy atom. The molecule has 0 aromatic rings. The Hall–Kier alpha value is -2.03. The van der Waals surface area contributed by atoms with Gasteiger partial charge in [0.1, 0.15) is 12.1 Å². The number of amides is 2. The minimum atomic E-state index is -0.518. The fraction of sp³-hybridized carbons (Fsp3) is 0.857. The van der Waals surface area contributed by atoms with E-state index in [1.807, 2.05) is 20.8 Å². The van der Waals surface area contributed by atoms with E-state index in [-0.39, 0.29) is 18.5 Å². The number of likely N-dealkylation sites (tertiary alicyclic amines) is 2. The number of carbonyl (C=O) groups is 2. The maximum absolute atomic E-state index is 12.1. The van der Waals surface area contributed by atoms with Crippen molar-refractivity contribution < 1.29 is 14.3 Å². The van der Waals surface area contributed by atoms with Crippen LogP contribution in [0.25, 0.3) is 0 Å². The number of rotatable bonds is 6. The van der Waals surface area contributed by atoms with Gasteiger partial charge in [-0.1, -0.05) is 6.92 Å². The first-order valence-electron chi connectivity index (χ1n) is 11.1. The highest BCUT2D eigenvalue weighted by Crippen LogP contribution is 2.16. The predicted molar refractivity (Wildman–Crippen MR) is 119 cm³/mol. The third-order valence-corrected chi connectivity index (χ3v) is 5.47. The number of likely N-dealkylation sites (N-methyl/N-ethyl adjacent to an activating group) is 2. The van der Waals surface area contributed by atoms with Crippen molar-refractivity contribution in [3.63, 3.8) is 0 Å². The topological polar surface area (TPSA) is 89.5 Å². The van der Waals surface area contributed by atoms with E-state index in [4.69, 9.17) is 4.74 Å². The third kappa shape index (κ3) is 7.66. The average Bonchev–Trinajstić information content (AvgIpc) is 3.28. The Bertz CT molecular complexity index is 616. The van der Waals surface area contributed by atoms with Crippen LogP contribution in [0.2, 0.25) is 0 Å². The van der Waals surface area contributed by atoms with Gasteiger partial charge in [0.2, 0.25) is 5.91 Å². The van der Waals surface area contributed by atoms with Crippen molar-refractivity contribution in [2.75, 3.05) is 53.4 Å². The fourth-order valence-electron chi connectivity index (χ4n) is 3.85. The summed E-state index contributed by atoms with van der Waals surface area (Å²) in [6.45, 7) is 12.3. The van der Waals surface area contributed by atoms with E-state index < -0.39 is 11.7 Å². The van der Waals surface area contributed by atoms with Crippen molar-refractivity contribution in [2.24, 2.45) is 4.99 Å². The summed E-state index contributed by atoms with van der Waals surface area (Å²) in [5, 5.41) is 6.44. The fourth-order valence-corrected chi connectivity index (χ4v) is 3.85. The Morgan fingerprint density at radius 3 is 2.57 bits per heavy atom. The van der Waals surface area contributed by atoms with Crippen LogP contribution in [0.3, 0.4) is 0 Å². The molecular formula is C21H40N6O3. The van der Waals surface area contributed by atoms with E-state index in [0.717, 1.165) is 38.6 Å². The van der Waals surface area contributed by atoms with Crippen LogP contribution in [0, 0.1) is 0 Å². The lowest BCUT2D eigenvalue weighted by molar-refractivity contribution is -0.127. The first-order chi connectivity index (χ1) is 14.1. The van der Waals surface area contributed by atoms with Gasteiger partial charge >= 0.3 is 6.09 Å². The van der Waals surface area contributed by atoms with Crippen molar-refractivity contribution in [2.45, 2.75) is 64.6 Å². The lowest BCUT2D eigenvalue weighted by Gasteiger charge is -2.27. The summed E-state index contributed by atoms with van der Waals surface area (Å²) in [5.74, 6) is 0.703. The molecule has 2 aliphatic rings. The number of aliphatic imine (C=N–C) groups is 1. The molecule has 2 aliphatic heterocycles. The first kappa shape index (κ1) is 24.2. The smallest absolute Gasteiger partial charge is 0.407 e. The van der Waals surface area contributed by atoms with Crippen LogP contribution in [-0.4, -0.2) is 104 Å². The maximum Gasteiger partial charge on any atom is 0.407 e. The first-order valence-corrected chi connectivity index (χ1v) is 11.1. The van der Waals surface area contributed by atoms with Gasteiger partial charge in [0.25, 0.3) is 0 Å². The number of carbonyl (C=O) groups excluding carboxylic acids is 2. The second-order valence-electron chi connectivity index (χ2n) is 9.31. The van der Waals surface area contributed by atoms with E-state index in [1.165, 1.54) is 12.8 Å². The van der Waals surface area contributed by atoms with E-state index in [1.54, 1.807) is 19.0 Å². The van der Waals surface area contributed by atoms with Crippen molar-refractivity contribution in [1.82, 2.24) is 25.3 Å². The Labute approximate surface area is 181 Å². The molecule has 2 heterocycles. The molecule has 9 nitrogen and oxygen atoms in total. The van der Waals surface area contributed by atoms with Crippen LogP contribution in [0.1, 0.15) is 47.0 Å². The van der Waals surface area contributed by atoms with Gasteiger partial charge in [-0.25, -0.2) is 9.79 Å². The molecule has 9 heteroatoms. The van der Waals surface area contributed by atoms with Crippen LogP contribution < -0.4 is 10.6 Å². The Balaban J connectivity index is 1.97. The molecule has 0 saturated carbocycles. The molecule has 2 rings (SSSR count). The number of nitrogens with one attached hydrogen (secondary N) is 2. The summed E-state index contributed by atoms with van der Waals surface area (Å²) in [6.07, 6.45) is 2.81. The molecule has 0 spiro atoms. The number of nitrogens with zero attached hydrogens (tertiary/aromatic N) is 4. The summed E-state index contributed by atoms with van der Waals surface area (Å²) in [5.41, 5.74) is -0.518. The molecule has 2 unspecified atom stereocenters. The van der Waals surface area contributed by atoms with Crippen molar-refractivity contribution in [3.8, 4) is 0 Å². The van der Waals surface area contributed by atoms with Gasteiger partial charge in [0.05, 0.1) is 6.04 Å². The van der Waals surface area contributed by atoms with Gasteiger partial charge in [-0.15, -0.1) is 0 Å². The van der Waals surface area contributed by atoms with Gasteiger partial charge in [-0.3, -0.25) is 9.69 Å². The summed E-state index contributed by atoms with van der Waals surface area (Å²) in [4.78, 5) is 34.9.